The normalized spacial score (nSPS) is 16.7. The van der Waals surface area contributed by atoms with Crippen molar-refractivity contribution in [2.24, 2.45) is 0 Å². The minimum absolute atomic E-state index is 0.0349. The molecular formula is C27H23FN2O7. The number of nitrogens with zero attached hydrogens (tertiary/aromatic N) is 2. The minimum Gasteiger partial charge on any atom is -0.507 e. The van der Waals surface area contributed by atoms with Gasteiger partial charge in [-0.1, -0.05) is 36.4 Å². The summed E-state index contributed by atoms with van der Waals surface area (Å²) in [5.41, 5.74) is 0.790. The van der Waals surface area contributed by atoms with Crippen LogP contribution in [0.3, 0.4) is 0 Å². The molecule has 9 nitrogen and oxygen atoms in total. The molecule has 37 heavy (non-hydrogen) atoms. The van der Waals surface area contributed by atoms with E-state index in [1.807, 2.05) is 0 Å². The van der Waals surface area contributed by atoms with Gasteiger partial charge in [-0.25, -0.2) is 4.39 Å². The molecule has 10 heteroatoms. The first kappa shape index (κ1) is 25.5. The van der Waals surface area contributed by atoms with Crippen LogP contribution in [0.4, 0.5) is 10.1 Å². The van der Waals surface area contributed by atoms with Crippen LogP contribution in [0, 0.1) is 15.9 Å². The molecule has 0 saturated carbocycles. The predicted molar refractivity (Wildman–Crippen MR) is 131 cm³/mol. The van der Waals surface area contributed by atoms with Gasteiger partial charge in [0, 0.05) is 31.4 Å². The number of amides is 1. The standard InChI is InChI=1S/C27H23FN2O7/c1-36-13-12-29-24(18-4-3-7-22(15-18)37-16-17-8-10-20(28)11-9-17)23(26(32)27(29)33)25(31)19-5-2-6-21(14-19)30(34)35/h2-11,14-15,24,31H,12-13,16H2,1H3/b25-23-. The largest absolute Gasteiger partial charge is 0.507 e. The van der Waals surface area contributed by atoms with Crippen LogP contribution in [-0.4, -0.2) is 46.9 Å². The summed E-state index contributed by atoms with van der Waals surface area (Å²) in [7, 11) is 1.46. The number of non-ortho nitro benzene ring substituents is 1. The Morgan fingerprint density at radius 2 is 1.81 bits per heavy atom. The second-order valence-corrected chi connectivity index (χ2v) is 8.28. The van der Waals surface area contributed by atoms with Gasteiger partial charge < -0.3 is 19.5 Å². The number of hydrogen-bond acceptors (Lipinski definition) is 7. The first-order chi connectivity index (χ1) is 17.8. The van der Waals surface area contributed by atoms with Gasteiger partial charge in [-0.05, 0) is 35.4 Å². The second-order valence-electron chi connectivity index (χ2n) is 8.28. The summed E-state index contributed by atoms with van der Waals surface area (Å²) in [4.78, 5) is 37.9. The molecule has 1 N–H and O–H groups in total. The number of halogens is 1. The topological polar surface area (TPSA) is 119 Å². The van der Waals surface area contributed by atoms with Gasteiger partial charge in [0.05, 0.1) is 23.1 Å². The van der Waals surface area contributed by atoms with Crippen LogP contribution in [0.25, 0.3) is 5.76 Å². The fourth-order valence-electron chi connectivity index (χ4n) is 4.09. The van der Waals surface area contributed by atoms with Crippen molar-refractivity contribution < 1.29 is 33.5 Å². The quantitative estimate of drug-likeness (QED) is 0.150. The third-order valence-corrected chi connectivity index (χ3v) is 5.90. The van der Waals surface area contributed by atoms with Crippen molar-refractivity contribution in [2.45, 2.75) is 12.6 Å². The highest BCUT2D eigenvalue weighted by Gasteiger charge is 2.46. The smallest absolute Gasteiger partial charge is 0.295 e. The highest BCUT2D eigenvalue weighted by atomic mass is 19.1. The number of benzene rings is 3. The lowest BCUT2D eigenvalue weighted by molar-refractivity contribution is -0.384. The summed E-state index contributed by atoms with van der Waals surface area (Å²) in [6.45, 7) is 0.362. The predicted octanol–water partition coefficient (Wildman–Crippen LogP) is 4.38. The monoisotopic (exact) mass is 506 g/mol. The number of aliphatic hydroxyl groups is 1. The Bertz CT molecular complexity index is 1370. The average molecular weight is 506 g/mol. The van der Waals surface area contributed by atoms with Crippen molar-refractivity contribution in [1.29, 1.82) is 0 Å². The number of hydrogen-bond donors (Lipinski definition) is 1. The van der Waals surface area contributed by atoms with Crippen LogP contribution >= 0.6 is 0 Å². The van der Waals surface area contributed by atoms with Gasteiger partial charge >= 0.3 is 0 Å². The minimum atomic E-state index is -0.983. The summed E-state index contributed by atoms with van der Waals surface area (Å²) in [6.07, 6.45) is 0. The molecule has 4 rings (SSSR count). The van der Waals surface area contributed by atoms with Crippen molar-refractivity contribution in [3.05, 3.63) is 111 Å². The molecule has 0 aliphatic carbocycles. The number of nitro benzene ring substituents is 1. The summed E-state index contributed by atoms with van der Waals surface area (Å²) < 4.78 is 24.1. The zero-order valence-corrected chi connectivity index (χ0v) is 19.8. The Morgan fingerprint density at radius 3 is 2.51 bits per heavy atom. The maximum Gasteiger partial charge on any atom is 0.295 e. The van der Waals surface area contributed by atoms with E-state index in [1.54, 1.807) is 36.4 Å². The molecule has 0 bridgehead atoms. The molecule has 0 aromatic heterocycles. The third kappa shape index (κ3) is 5.49. The maximum absolute atomic E-state index is 13.2. The average Bonchev–Trinajstić information content (AvgIpc) is 3.16. The van der Waals surface area contributed by atoms with Gasteiger partial charge in [0.2, 0.25) is 0 Å². The van der Waals surface area contributed by atoms with Crippen molar-refractivity contribution in [2.75, 3.05) is 20.3 Å². The van der Waals surface area contributed by atoms with E-state index in [1.165, 1.54) is 42.3 Å². The number of ketones is 1. The van der Waals surface area contributed by atoms with Crippen LogP contribution in [0.15, 0.2) is 78.4 Å². The van der Waals surface area contributed by atoms with E-state index in [-0.39, 0.29) is 42.4 Å². The highest BCUT2D eigenvalue weighted by Crippen LogP contribution is 2.40. The van der Waals surface area contributed by atoms with E-state index in [0.29, 0.717) is 11.3 Å². The van der Waals surface area contributed by atoms with E-state index < -0.39 is 28.4 Å². The zero-order chi connectivity index (χ0) is 26.5. The van der Waals surface area contributed by atoms with E-state index >= 15 is 0 Å². The molecule has 190 valence electrons. The Hall–Kier alpha value is -4.57. The summed E-state index contributed by atoms with van der Waals surface area (Å²) in [5.74, 6) is -2.20. The number of carbonyl (C=O) groups is 2. The van der Waals surface area contributed by atoms with E-state index in [4.69, 9.17) is 9.47 Å². The van der Waals surface area contributed by atoms with Crippen molar-refractivity contribution >= 4 is 23.1 Å². The van der Waals surface area contributed by atoms with E-state index in [0.717, 1.165) is 11.6 Å². The highest BCUT2D eigenvalue weighted by molar-refractivity contribution is 6.46. The Labute approximate surface area is 211 Å². The van der Waals surface area contributed by atoms with Crippen molar-refractivity contribution in [1.82, 2.24) is 4.90 Å². The van der Waals surface area contributed by atoms with Crippen LogP contribution in [0.1, 0.15) is 22.7 Å². The molecule has 0 radical (unpaired) electrons. The molecule has 0 spiro atoms. The fourth-order valence-corrected chi connectivity index (χ4v) is 4.09. The Morgan fingerprint density at radius 1 is 1.08 bits per heavy atom. The number of aliphatic hydroxyl groups excluding tert-OH is 1. The number of Topliss-reactive ketones (excluding diaryl/α,β-unsaturated/α-hetero) is 1. The third-order valence-electron chi connectivity index (χ3n) is 5.90. The number of likely N-dealkylation sites (tertiary alicyclic amines) is 1. The molecule has 1 unspecified atom stereocenters. The zero-order valence-electron chi connectivity index (χ0n) is 19.8. The van der Waals surface area contributed by atoms with Gasteiger partial charge in [0.15, 0.2) is 0 Å². The molecular weight excluding hydrogens is 483 g/mol. The van der Waals surface area contributed by atoms with Crippen LogP contribution in [0.2, 0.25) is 0 Å². The van der Waals surface area contributed by atoms with Crippen molar-refractivity contribution in [3.8, 4) is 5.75 Å². The summed E-state index contributed by atoms with van der Waals surface area (Å²) in [5, 5.41) is 22.3. The Kier molecular flexibility index (Phi) is 7.59. The molecule has 1 heterocycles. The van der Waals surface area contributed by atoms with Gasteiger partial charge in [-0.15, -0.1) is 0 Å². The van der Waals surface area contributed by atoms with Gasteiger partial charge in [-0.2, -0.15) is 0 Å². The SMILES string of the molecule is COCCN1C(=O)C(=O)/C(=C(\O)c2cccc([N+](=O)[O-])c2)C1c1cccc(OCc2ccc(F)cc2)c1. The summed E-state index contributed by atoms with van der Waals surface area (Å²) in [6, 6.07) is 16.7. The Balaban J connectivity index is 1.74. The van der Waals surface area contributed by atoms with E-state index in [9.17, 15) is 29.2 Å². The molecule has 1 saturated heterocycles. The first-order valence-electron chi connectivity index (χ1n) is 11.3. The molecule has 1 amide bonds. The fraction of sp³-hybridized carbons (Fsp3) is 0.185. The first-order valence-corrected chi connectivity index (χ1v) is 11.3. The lowest BCUT2D eigenvalue weighted by Gasteiger charge is -2.25. The number of ether oxygens (including phenoxy) is 2. The number of rotatable bonds is 9. The van der Waals surface area contributed by atoms with Gasteiger partial charge in [0.1, 0.15) is 23.9 Å². The van der Waals surface area contributed by atoms with E-state index in [2.05, 4.69) is 0 Å². The van der Waals surface area contributed by atoms with Crippen molar-refractivity contribution in [3.63, 3.8) is 0 Å². The van der Waals surface area contributed by atoms with Gasteiger partial charge in [-0.3, -0.25) is 19.7 Å². The number of methoxy groups -OCH3 is 1. The van der Waals surface area contributed by atoms with Crippen LogP contribution in [-0.2, 0) is 20.9 Å². The molecule has 3 aromatic carbocycles. The number of nitro groups is 1. The van der Waals surface area contributed by atoms with Crippen LogP contribution in [0.5, 0.6) is 5.75 Å². The van der Waals surface area contributed by atoms with Gasteiger partial charge in [0.25, 0.3) is 17.4 Å². The van der Waals surface area contributed by atoms with Crippen LogP contribution < -0.4 is 4.74 Å². The molecule has 1 fully saturated rings. The molecule has 1 aliphatic heterocycles. The second kappa shape index (κ2) is 11.0. The molecule has 1 aliphatic rings. The lowest BCUT2D eigenvalue weighted by Crippen LogP contribution is -2.32. The maximum atomic E-state index is 13.2. The lowest BCUT2D eigenvalue weighted by atomic mass is 9.95. The summed E-state index contributed by atoms with van der Waals surface area (Å²) >= 11 is 0. The number of carbonyl (C=O) groups excluding carboxylic acids is 2. The molecule has 1 atom stereocenters. The molecule has 3 aromatic rings.